The van der Waals surface area contributed by atoms with Gasteiger partial charge in [0.15, 0.2) is 0 Å². The van der Waals surface area contributed by atoms with Crippen LogP contribution < -0.4 is 10.9 Å². The summed E-state index contributed by atoms with van der Waals surface area (Å²) in [6.45, 7) is 5.22. The third-order valence-corrected chi connectivity index (χ3v) is 7.01. The van der Waals surface area contributed by atoms with Gasteiger partial charge in [-0.25, -0.2) is 4.39 Å². The lowest BCUT2D eigenvalue weighted by molar-refractivity contribution is -0.135. The Morgan fingerprint density at radius 3 is 2.60 bits per heavy atom. The third kappa shape index (κ3) is 5.28. The number of piperidine rings is 1. The van der Waals surface area contributed by atoms with Crippen LogP contribution in [0, 0.1) is 25.6 Å². The Morgan fingerprint density at radius 1 is 1.17 bits per heavy atom. The topological polar surface area (TPSA) is 100 Å². The number of benzene rings is 1. The number of pyridine rings is 1. The molecule has 186 valence electrons. The van der Waals surface area contributed by atoms with E-state index in [2.05, 4.69) is 15.4 Å². The van der Waals surface area contributed by atoms with Crippen LogP contribution in [0.15, 0.2) is 29.1 Å². The highest BCUT2D eigenvalue weighted by molar-refractivity contribution is 5.83. The van der Waals surface area contributed by atoms with Crippen molar-refractivity contribution in [3.8, 4) is 0 Å². The SMILES string of the molecule is Cc1nn(C)c2[nH]c(=O)c(CCC(=O)N3CCC(C(=O)NCCc4ccccc4F)CC3)c(C)c12. The average molecular weight is 482 g/mol. The Labute approximate surface area is 203 Å². The predicted octanol–water partition coefficient (Wildman–Crippen LogP) is 2.55. The maximum absolute atomic E-state index is 13.7. The molecule has 1 saturated heterocycles. The summed E-state index contributed by atoms with van der Waals surface area (Å²) in [5, 5.41) is 8.21. The predicted molar refractivity (Wildman–Crippen MR) is 132 cm³/mol. The molecular formula is C26H32FN5O3. The lowest BCUT2D eigenvalue weighted by Gasteiger charge is -2.31. The first-order valence-corrected chi connectivity index (χ1v) is 12.1. The first-order chi connectivity index (χ1) is 16.8. The van der Waals surface area contributed by atoms with Crippen molar-refractivity contribution in [2.75, 3.05) is 19.6 Å². The van der Waals surface area contributed by atoms with Gasteiger partial charge >= 0.3 is 0 Å². The van der Waals surface area contributed by atoms with Crippen LogP contribution >= 0.6 is 0 Å². The fraction of sp³-hybridized carbons (Fsp3) is 0.462. The number of likely N-dealkylation sites (tertiary alicyclic amines) is 1. The summed E-state index contributed by atoms with van der Waals surface area (Å²) in [7, 11) is 1.79. The van der Waals surface area contributed by atoms with Gasteiger partial charge in [0.25, 0.3) is 5.56 Å². The minimum Gasteiger partial charge on any atom is -0.356 e. The molecule has 3 heterocycles. The van der Waals surface area contributed by atoms with E-state index in [4.69, 9.17) is 0 Å². The first kappa shape index (κ1) is 24.6. The molecule has 0 spiro atoms. The van der Waals surface area contributed by atoms with Gasteiger partial charge in [0.2, 0.25) is 11.8 Å². The molecule has 2 amide bonds. The van der Waals surface area contributed by atoms with Crippen LogP contribution in [0.5, 0.6) is 0 Å². The van der Waals surface area contributed by atoms with Crippen LogP contribution in [-0.4, -0.2) is 51.1 Å². The normalized spacial score (nSPS) is 14.5. The third-order valence-electron chi connectivity index (χ3n) is 7.01. The average Bonchev–Trinajstić information content (AvgIpc) is 3.12. The number of rotatable bonds is 7. The molecule has 1 aliphatic rings. The summed E-state index contributed by atoms with van der Waals surface area (Å²) in [5.41, 5.74) is 3.42. The molecule has 0 saturated carbocycles. The van der Waals surface area contributed by atoms with E-state index in [9.17, 15) is 18.8 Å². The summed E-state index contributed by atoms with van der Waals surface area (Å²) in [6, 6.07) is 6.56. The molecule has 0 unspecified atom stereocenters. The zero-order valence-corrected chi connectivity index (χ0v) is 20.5. The Morgan fingerprint density at radius 2 is 1.89 bits per heavy atom. The van der Waals surface area contributed by atoms with E-state index in [1.807, 2.05) is 13.8 Å². The van der Waals surface area contributed by atoms with E-state index in [0.717, 1.165) is 16.6 Å². The van der Waals surface area contributed by atoms with E-state index in [-0.39, 0.29) is 35.5 Å². The van der Waals surface area contributed by atoms with Crippen molar-refractivity contribution >= 4 is 22.8 Å². The van der Waals surface area contributed by atoms with Crippen molar-refractivity contribution in [1.29, 1.82) is 0 Å². The van der Waals surface area contributed by atoms with Crippen LogP contribution in [0.1, 0.15) is 41.6 Å². The van der Waals surface area contributed by atoms with Crippen molar-refractivity contribution in [1.82, 2.24) is 25.0 Å². The number of halogens is 1. The number of carbonyl (C=O) groups is 2. The first-order valence-electron chi connectivity index (χ1n) is 12.1. The highest BCUT2D eigenvalue weighted by Gasteiger charge is 2.27. The van der Waals surface area contributed by atoms with Crippen molar-refractivity contribution in [3.63, 3.8) is 0 Å². The summed E-state index contributed by atoms with van der Waals surface area (Å²) in [4.78, 5) is 42.6. The molecule has 35 heavy (non-hydrogen) atoms. The second-order valence-corrected chi connectivity index (χ2v) is 9.28. The highest BCUT2D eigenvalue weighted by atomic mass is 19.1. The van der Waals surface area contributed by atoms with Crippen molar-refractivity contribution in [3.05, 3.63) is 62.8 Å². The number of aromatic amines is 1. The monoisotopic (exact) mass is 481 g/mol. The van der Waals surface area contributed by atoms with E-state index >= 15 is 0 Å². The van der Waals surface area contributed by atoms with Gasteiger partial charge in [-0.3, -0.25) is 19.1 Å². The maximum atomic E-state index is 13.7. The molecule has 4 rings (SSSR count). The number of aryl methyl sites for hydroxylation is 3. The van der Waals surface area contributed by atoms with Gasteiger partial charge < -0.3 is 15.2 Å². The molecule has 3 aromatic rings. The van der Waals surface area contributed by atoms with Crippen LogP contribution in [0.4, 0.5) is 4.39 Å². The number of fused-ring (bicyclic) bond motifs is 1. The van der Waals surface area contributed by atoms with Gasteiger partial charge in [-0.1, -0.05) is 18.2 Å². The molecule has 9 heteroatoms. The standard InChI is InChI=1S/C26H32FN5O3/c1-16-20(26(35)29-24-23(16)17(2)30-31(24)3)8-9-22(33)32-14-11-19(12-15-32)25(34)28-13-10-18-6-4-5-7-21(18)27/h4-7,19H,8-15H2,1-3H3,(H,28,34)(H,29,35). The minimum absolute atomic E-state index is 0.00906. The van der Waals surface area contributed by atoms with Gasteiger partial charge in [0, 0.05) is 50.0 Å². The molecule has 1 fully saturated rings. The number of amides is 2. The second-order valence-electron chi connectivity index (χ2n) is 9.28. The van der Waals surface area contributed by atoms with Gasteiger partial charge in [-0.2, -0.15) is 5.10 Å². The summed E-state index contributed by atoms with van der Waals surface area (Å²) in [5.74, 6) is -0.470. The number of nitrogens with zero attached hydrogens (tertiary/aromatic N) is 3. The van der Waals surface area contributed by atoms with Gasteiger partial charge in [0.1, 0.15) is 11.5 Å². The van der Waals surface area contributed by atoms with Gasteiger partial charge in [0.05, 0.1) is 5.69 Å². The maximum Gasteiger partial charge on any atom is 0.253 e. The van der Waals surface area contributed by atoms with E-state index in [0.29, 0.717) is 62.1 Å². The Hall–Kier alpha value is -3.49. The van der Waals surface area contributed by atoms with Crippen LogP contribution in [0.3, 0.4) is 0 Å². The fourth-order valence-electron chi connectivity index (χ4n) is 5.00. The van der Waals surface area contributed by atoms with Crippen LogP contribution in [0.2, 0.25) is 0 Å². The van der Waals surface area contributed by atoms with E-state index in [1.54, 1.807) is 34.8 Å². The Balaban J connectivity index is 1.26. The van der Waals surface area contributed by atoms with E-state index < -0.39 is 0 Å². The minimum atomic E-state index is -0.263. The molecular weight excluding hydrogens is 449 g/mol. The molecule has 2 aromatic heterocycles. The number of H-pyrrole nitrogens is 1. The van der Waals surface area contributed by atoms with Crippen LogP contribution in [0.25, 0.3) is 11.0 Å². The van der Waals surface area contributed by atoms with Crippen molar-refractivity contribution in [2.24, 2.45) is 13.0 Å². The second kappa shape index (κ2) is 10.4. The number of carbonyl (C=O) groups excluding carboxylic acids is 2. The summed E-state index contributed by atoms with van der Waals surface area (Å²) in [6.07, 6.45) is 2.24. The van der Waals surface area contributed by atoms with E-state index in [1.165, 1.54) is 6.07 Å². The number of hydrogen-bond acceptors (Lipinski definition) is 4. The number of aromatic nitrogens is 3. The van der Waals surface area contributed by atoms with Crippen LogP contribution in [-0.2, 0) is 29.5 Å². The lowest BCUT2D eigenvalue weighted by atomic mass is 9.95. The fourth-order valence-corrected chi connectivity index (χ4v) is 5.00. The van der Waals surface area contributed by atoms with Gasteiger partial charge in [-0.15, -0.1) is 0 Å². The number of nitrogens with one attached hydrogen (secondary N) is 2. The van der Waals surface area contributed by atoms with Gasteiger partial charge in [-0.05, 0) is 56.7 Å². The zero-order valence-electron chi connectivity index (χ0n) is 20.5. The molecule has 0 bridgehead atoms. The molecule has 8 nitrogen and oxygen atoms in total. The zero-order chi connectivity index (χ0) is 25.1. The quantitative estimate of drug-likeness (QED) is 0.542. The molecule has 0 atom stereocenters. The molecule has 0 radical (unpaired) electrons. The largest absolute Gasteiger partial charge is 0.356 e. The molecule has 0 aliphatic carbocycles. The Bertz CT molecular complexity index is 1300. The van der Waals surface area contributed by atoms with Crippen molar-refractivity contribution in [2.45, 2.75) is 46.0 Å². The highest BCUT2D eigenvalue weighted by Crippen LogP contribution is 2.22. The number of hydrogen-bond donors (Lipinski definition) is 2. The molecule has 1 aliphatic heterocycles. The Kier molecular flexibility index (Phi) is 7.33. The summed E-state index contributed by atoms with van der Waals surface area (Å²) >= 11 is 0. The van der Waals surface area contributed by atoms with Crippen molar-refractivity contribution < 1.29 is 14.0 Å². The molecule has 1 aromatic carbocycles. The smallest absolute Gasteiger partial charge is 0.253 e. The lowest BCUT2D eigenvalue weighted by Crippen LogP contribution is -2.43. The molecule has 2 N–H and O–H groups in total. The summed E-state index contributed by atoms with van der Waals surface area (Å²) < 4.78 is 15.4.